The molecular formula is C20H20F2N2O2. The van der Waals surface area contributed by atoms with E-state index in [1.165, 1.54) is 24.3 Å². The average molecular weight is 358 g/mol. The molecule has 3 N–H and O–H groups in total. The molecule has 1 aliphatic rings. The van der Waals surface area contributed by atoms with Gasteiger partial charge in [-0.3, -0.25) is 0 Å². The van der Waals surface area contributed by atoms with Crippen molar-refractivity contribution in [3.63, 3.8) is 0 Å². The summed E-state index contributed by atoms with van der Waals surface area (Å²) in [6, 6.07) is 11.4. The van der Waals surface area contributed by atoms with E-state index in [4.69, 9.17) is 0 Å². The number of allylic oxidation sites excluding steroid dienone is 1. The van der Waals surface area contributed by atoms with Crippen LogP contribution in [0, 0.1) is 17.6 Å². The summed E-state index contributed by atoms with van der Waals surface area (Å²) in [5.74, 6) is -0.955. The van der Waals surface area contributed by atoms with Gasteiger partial charge < -0.3 is 10.4 Å². The van der Waals surface area contributed by atoms with Crippen LogP contribution in [0.5, 0.6) is 0 Å². The van der Waals surface area contributed by atoms with Gasteiger partial charge in [-0.15, -0.1) is 0 Å². The van der Waals surface area contributed by atoms with E-state index in [9.17, 15) is 19.2 Å². The summed E-state index contributed by atoms with van der Waals surface area (Å²) in [4.78, 5) is 0. The third-order valence-corrected chi connectivity index (χ3v) is 4.73. The predicted molar refractivity (Wildman–Crippen MR) is 95.0 cm³/mol. The topological polar surface area (TPSA) is 64.9 Å². The molecule has 2 atom stereocenters. The Bertz CT molecular complexity index is 802. The van der Waals surface area contributed by atoms with Gasteiger partial charge in [0.15, 0.2) is 0 Å². The Hall–Kier alpha value is -2.57. The molecule has 0 amide bonds. The molecule has 0 aromatic heterocycles. The molecule has 26 heavy (non-hydrogen) atoms. The van der Waals surface area contributed by atoms with Crippen LogP contribution in [0.1, 0.15) is 36.4 Å². The van der Waals surface area contributed by atoms with E-state index in [2.05, 4.69) is 10.6 Å². The highest BCUT2D eigenvalue weighted by atomic mass is 19.1. The highest BCUT2D eigenvalue weighted by Gasteiger charge is 2.32. The maximum atomic E-state index is 13.2. The van der Waals surface area contributed by atoms with E-state index < -0.39 is 6.04 Å². The number of hydroxylamine groups is 1. The summed E-state index contributed by atoms with van der Waals surface area (Å²) < 4.78 is 26.3. The van der Waals surface area contributed by atoms with Crippen LogP contribution in [0.2, 0.25) is 0 Å². The number of hydrogen-bond donors (Lipinski definition) is 3. The molecule has 2 aromatic carbocycles. The second-order valence-electron chi connectivity index (χ2n) is 6.36. The fraction of sp³-hybridized carbons (Fsp3) is 0.250. The first-order valence-corrected chi connectivity index (χ1v) is 8.46. The van der Waals surface area contributed by atoms with E-state index in [-0.39, 0.29) is 17.6 Å². The molecule has 2 unspecified atom stereocenters. The first-order valence-electron chi connectivity index (χ1n) is 8.46. The van der Waals surface area contributed by atoms with E-state index in [0.29, 0.717) is 17.7 Å². The van der Waals surface area contributed by atoms with Crippen LogP contribution in [0.15, 0.2) is 59.3 Å². The van der Waals surface area contributed by atoms with Crippen molar-refractivity contribution in [3.05, 3.63) is 76.9 Å². The number of benzene rings is 2. The van der Waals surface area contributed by atoms with Gasteiger partial charge in [0.2, 0.25) is 0 Å². The highest BCUT2D eigenvalue weighted by molar-refractivity contribution is 6.06. The lowest BCUT2D eigenvalue weighted by Gasteiger charge is -2.31. The van der Waals surface area contributed by atoms with Crippen molar-refractivity contribution in [3.8, 4) is 0 Å². The lowest BCUT2D eigenvalue weighted by atomic mass is 9.77. The summed E-state index contributed by atoms with van der Waals surface area (Å²) in [6.07, 6.45) is 4.13. The molecule has 4 nitrogen and oxygen atoms in total. The van der Waals surface area contributed by atoms with Gasteiger partial charge in [0.1, 0.15) is 11.6 Å². The molecule has 2 aromatic rings. The maximum absolute atomic E-state index is 13.2. The molecule has 1 fully saturated rings. The minimum atomic E-state index is -0.529. The van der Waals surface area contributed by atoms with Crippen LogP contribution in [0.3, 0.4) is 0 Å². The van der Waals surface area contributed by atoms with Crippen LogP contribution < -0.4 is 5.48 Å². The van der Waals surface area contributed by atoms with Gasteiger partial charge in [0.05, 0.1) is 11.8 Å². The largest absolute Gasteiger partial charge is 0.411 e. The van der Waals surface area contributed by atoms with E-state index in [1.807, 2.05) is 6.08 Å². The minimum absolute atomic E-state index is 0.282. The zero-order valence-corrected chi connectivity index (χ0v) is 14.1. The SMILES string of the molecule is O/N=C1/C(=C\c2ccc(F)cc2)CCCC1C(NO)c1ccc(F)cc1. The van der Waals surface area contributed by atoms with Crippen molar-refractivity contribution < 1.29 is 19.2 Å². The van der Waals surface area contributed by atoms with Gasteiger partial charge in [0.25, 0.3) is 0 Å². The second-order valence-corrected chi connectivity index (χ2v) is 6.36. The summed E-state index contributed by atoms with van der Waals surface area (Å²) in [7, 11) is 0. The van der Waals surface area contributed by atoms with E-state index in [1.54, 1.807) is 24.3 Å². The Morgan fingerprint density at radius 3 is 2.23 bits per heavy atom. The molecule has 1 aliphatic carbocycles. The Morgan fingerprint density at radius 1 is 1.04 bits per heavy atom. The molecule has 0 bridgehead atoms. The van der Waals surface area contributed by atoms with Crippen molar-refractivity contribution in [1.29, 1.82) is 0 Å². The highest BCUT2D eigenvalue weighted by Crippen LogP contribution is 2.36. The van der Waals surface area contributed by atoms with Crippen molar-refractivity contribution in [2.24, 2.45) is 11.1 Å². The van der Waals surface area contributed by atoms with Crippen molar-refractivity contribution in [2.45, 2.75) is 25.3 Å². The number of nitrogens with zero attached hydrogens (tertiary/aromatic N) is 1. The fourth-order valence-electron chi connectivity index (χ4n) is 3.45. The lowest BCUT2D eigenvalue weighted by Crippen LogP contribution is -2.34. The molecule has 0 saturated heterocycles. The quantitative estimate of drug-likeness (QED) is 0.548. The molecule has 0 heterocycles. The van der Waals surface area contributed by atoms with Crippen LogP contribution in [-0.4, -0.2) is 16.1 Å². The zero-order valence-electron chi connectivity index (χ0n) is 14.1. The van der Waals surface area contributed by atoms with Crippen molar-refractivity contribution in [2.75, 3.05) is 0 Å². The average Bonchev–Trinajstić information content (AvgIpc) is 2.66. The molecule has 6 heteroatoms. The molecule has 1 saturated carbocycles. The van der Waals surface area contributed by atoms with Crippen LogP contribution in [0.25, 0.3) is 6.08 Å². The molecule has 0 spiro atoms. The normalized spacial score (nSPS) is 21.9. The zero-order chi connectivity index (χ0) is 18.5. The maximum Gasteiger partial charge on any atom is 0.123 e. The second kappa shape index (κ2) is 8.21. The predicted octanol–water partition coefficient (Wildman–Crippen LogP) is 4.70. The van der Waals surface area contributed by atoms with Gasteiger partial charge in [-0.25, -0.2) is 8.78 Å². The van der Waals surface area contributed by atoms with Gasteiger partial charge in [-0.05, 0) is 66.3 Å². The van der Waals surface area contributed by atoms with E-state index >= 15 is 0 Å². The fourth-order valence-corrected chi connectivity index (χ4v) is 3.45. The molecule has 3 rings (SSSR count). The van der Waals surface area contributed by atoms with Gasteiger partial charge >= 0.3 is 0 Å². The number of rotatable bonds is 4. The Balaban J connectivity index is 1.91. The monoisotopic (exact) mass is 358 g/mol. The summed E-state index contributed by atoms with van der Waals surface area (Å²) >= 11 is 0. The summed E-state index contributed by atoms with van der Waals surface area (Å²) in [6.45, 7) is 0. The third-order valence-electron chi connectivity index (χ3n) is 4.73. The van der Waals surface area contributed by atoms with E-state index in [0.717, 1.165) is 24.0 Å². The number of halogens is 2. The summed E-state index contributed by atoms with van der Waals surface area (Å²) in [5.41, 5.74) is 5.07. The minimum Gasteiger partial charge on any atom is -0.411 e. The van der Waals surface area contributed by atoms with Crippen molar-refractivity contribution in [1.82, 2.24) is 5.48 Å². The number of nitrogens with one attached hydrogen (secondary N) is 1. The van der Waals surface area contributed by atoms with Crippen LogP contribution in [0.4, 0.5) is 8.78 Å². The Kier molecular flexibility index (Phi) is 5.75. The van der Waals surface area contributed by atoms with Gasteiger partial charge in [-0.2, -0.15) is 5.48 Å². The lowest BCUT2D eigenvalue weighted by molar-refractivity contribution is 0.106. The molecular weight excluding hydrogens is 338 g/mol. The van der Waals surface area contributed by atoms with Crippen molar-refractivity contribution >= 4 is 11.8 Å². The summed E-state index contributed by atoms with van der Waals surface area (Å²) in [5, 5.41) is 22.8. The third kappa shape index (κ3) is 3.98. The van der Waals surface area contributed by atoms with Crippen LogP contribution in [-0.2, 0) is 0 Å². The standard InChI is InChI=1S/C20H20F2N2O2/c21-16-8-4-13(5-9-16)12-15-2-1-3-18(20(15)24-26)19(23-25)14-6-10-17(22)11-7-14/h4-12,18-19,23,25-26H,1-3H2/b15-12-,24-20-. The Morgan fingerprint density at radius 2 is 1.65 bits per heavy atom. The molecule has 136 valence electrons. The Labute approximate surface area is 150 Å². The van der Waals surface area contributed by atoms with Gasteiger partial charge in [-0.1, -0.05) is 29.4 Å². The first-order chi connectivity index (χ1) is 12.6. The number of hydrogen-bond acceptors (Lipinski definition) is 4. The van der Waals surface area contributed by atoms with Gasteiger partial charge in [0, 0.05) is 5.92 Å². The number of oxime groups is 1. The van der Waals surface area contributed by atoms with Crippen LogP contribution >= 0.6 is 0 Å². The smallest absolute Gasteiger partial charge is 0.123 e. The first kappa shape index (κ1) is 18.2. The molecule has 0 radical (unpaired) electrons. The molecule has 0 aliphatic heterocycles.